The molecule has 0 unspecified atom stereocenters. The van der Waals surface area contributed by atoms with Crippen molar-refractivity contribution in [2.45, 2.75) is 0 Å². The fraction of sp³-hybridized carbons (Fsp3) is 0. The maximum absolute atomic E-state index is 5.16. The average molecular weight is 916 g/mol. The smallest absolute Gasteiger partial charge is 0.164 e. The Bertz CT molecular complexity index is 4480. The Morgan fingerprint density at radius 3 is 1.42 bits per heavy atom. The highest BCUT2D eigenvalue weighted by Crippen LogP contribution is 2.51. The Labute approximate surface area is 415 Å². The van der Waals surface area contributed by atoms with E-state index in [0.717, 1.165) is 44.7 Å². The van der Waals surface area contributed by atoms with Gasteiger partial charge in [0.05, 0.1) is 22.1 Å². The molecule has 0 saturated carbocycles. The molecular formula is C67H41N5. The lowest BCUT2D eigenvalue weighted by atomic mass is 9.96. The summed E-state index contributed by atoms with van der Waals surface area (Å²) >= 11 is 0. The molecule has 0 saturated heterocycles. The van der Waals surface area contributed by atoms with Crippen LogP contribution in [0.2, 0.25) is 0 Å². The minimum Gasteiger partial charge on any atom is -0.309 e. The predicted molar refractivity (Wildman–Crippen MR) is 298 cm³/mol. The Hall–Kier alpha value is -9.71. The summed E-state index contributed by atoms with van der Waals surface area (Å²) in [5, 5.41) is 7.53. The summed E-state index contributed by atoms with van der Waals surface area (Å²) in [7, 11) is 0. The normalized spacial score (nSPS) is 11.9. The second-order valence-corrected chi connectivity index (χ2v) is 18.7. The second kappa shape index (κ2) is 15.9. The molecule has 3 aromatic heterocycles. The number of hydrogen-bond acceptors (Lipinski definition) is 3. The van der Waals surface area contributed by atoms with Gasteiger partial charge < -0.3 is 9.13 Å². The zero-order valence-electron chi connectivity index (χ0n) is 38.9. The highest BCUT2D eigenvalue weighted by molar-refractivity contribution is 6.29. The molecule has 0 aliphatic heterocycles. The molecule has 0 fully saturated rings. The molecule has 0 amide bonds. The van der Waals surface area contributed by atoms with Gasteiger partial charge in [-0.1, -0.05) is 188 Å². The molecule has 5 heteroatoms. The molecule has 5 nitrogen and oxygen atoms in total. The van der Waals surface area contributed by atoms with E-state index in [0.29, 0.717) is 17.5 Å². The van der Waals surface area contributed by atoms with Gasteiger partial charge in [-0.2, -0.15) is 0 Å². The Balaban J connectivity index is 0.868. The fourth-order valence-electron chi connectivity index (χ4n) is 11.4. The molecule has 14 aromatic rings. The fourth-order valence-corrected chi connectivity index (χ4v) is 11.4. The summed E-state index contributed by atoms with van der Waals surface area (Å²) in [6.07, 6.45) is 0. The molecule has 72 heavy (non-hydrogen) atoms. The lowest BCUT2D eigenvalue weighted by molar-refractivity contribution is 1.07. The van der Waals surface area contributed by atoms with Crippen molar-refractivity contribution in [1.82, 2.24) is 24.1 Å². The molecule has 11 aromatic carbocycles. The van der Waals surface area contributed by atoms with Crippen LogP contribution in [0.25, 0.3) is 144 Å². The summed E-state index contributed by atoms with van der Waals surface area (Å²) in [6, 6.07) is 89.3. The predicted octanol–water partition coefficient (Wildman–Crippen LogP) is 17.2. The first-order valence-corrected chi connectivity index (χ1v) is 24.5. The van der Waals surface area contributed by atoms with Crippen molar-refractivity contribution in [2.24, 2.45) is 0 Å². The second-order valence-electron chi connectivity index (χ2n) is 18.7. The van der Waals surface area contributed by atoms with Gasteiger partial charge in [0.2, 0.25) is 0 Å². The number of hydrogen-bond donors (Lipinski definition) is 0. The van der Waals surface area contributed by atoms with Gasteiger partial charge >= 0.3 is 0 Å². The number of aromatic nitrogens is 5. The van der Waals surface area contributed by atoms with Gasteiger partial charge in [0.1, 0.15) is 0 Å². The summed E-state index contributed by atoms with van der Waals surface area (Å²) in [5.74, 6) is 1.88. The molecule has 1 aliphatic carbocycles. The van der Waals surface area contributed by atoms with Gasteiger partial charge in [-0.3, -0.25) is 0 Å². The zero-order chi connectivity index (χ0) is 47.3. The van der Waals surface area contributed by atoms with Crippen molar-refractivity contribution in [3.63, 3.8) is 0 Å². The number of rotatable bonds is 7. The van der Waals surface area contributed by atoms with Crippen molar-refractivity contribution < 1.29 is 0 Å². The molecule has 0 radical (unpaired) electrons. The summed E-state index contributed by atoms with van der Waals surface area (Å²) in [4.78, 5) is 15.3. The highest BCUT2D eigenvalue weighted by atomic mass is 15.0. The minimum absolute atomic E-state index is 0.617. The lowest BCUT2D eigenvalue weighted by Gasteiger charge is -2.12. The van der Waals surface area contributed by atoms with Crippen LogP contribution in [0.1, 0.15) is 0 Å². The third kappa shape index (κ3) is 6.24. The first-order valence-electron chi connectivity index (χ1n) is 24.5. The average Bonchev–Trinajstić information content (AvgIpc) is 4.09. The van der Waals surface area contributed by atoms with E-state index in [2.05, 4.69) is 234 Å². The molecule has 0 spiro atoms. The van der Waals surface area contributed by atoms with Gasteiger partial charge in [-0.05, 0) is 116 Å². The van der Waals surface area contributed by atoms with E-state index in [1.165, 1.54) is 82.3 Å². The number of para-hydroxylation sites is 2. The van der Waals surface area contributed by atoms with E-state index in [4.69, 9.17) is 15.0 Å². The van der Waals surface area contributed by atoms with Gasteiger partial charge in [0.15, 0.2) is 17.5 Å². The van der Waals surface area contributed by atoms with E-state index in [1.54, 1.807) is 0 Å². The lowest BCUT2D eigenvalue weighted by Crippen LogP contribution is -2.01. The third-order valence-electron chi connectivity index (χ3n) is 14.7. The van der Waals surface area contributed by atoms with Crippen molar-refractivity contribution >= 4 is 54.4 Å². The Morgan fingerprint density at radius 2 is 0.681 bits per heavy atom. The van der Waals surface area contributed by atoms with Crippen molar-refractivity contribution in [3.05, 3.63) is 249 Å². The highest BCUT2D eigenvalue weighted by Gasteiger charge is 2.26. The number of nitrogens with zero attached hydrogens (tertiary/aromatic N) is 5. The molecular weight excluding hydrogens is 875 g/mol. The summed E-state index contributed by atoms with van der Waals surface area (Å²) in [6.45, 7) is 0. The summed E-state index contributed by atoms with van der Waals surface area (Å²) in [5.41, 5.74) is 19.5. The quantitative estimate of drug-likeness (QED) is 0.160. The SMILES string of the molecule is c1ccc(-c2ccc(-c3nc(-c4ccccc4)nc(-c4cccc(-n5c6ccccc6c6cc(-c7ccc8c(c7)c7c9cccc%10c9c(cc7n8-c7ccccc7)-c7ccccc7-%10)ccc65)c4)n3)cc2)cc1. The molecule has 0 bridgehead atoms. The molecule has 1 aliphatic rings. The van der Waals surface area contributed by atoms with Crippen molar-refractivity contribution in [2.75, 3.05) is 0 Å². The maximum atomic E-state index is 5.16. The van der Waals surface area contributed by atoms with Crippen LogP contribution in [0.15, 0.2) is 249 Å². The van der Waals surface area contributed by atoms with Crippen molar-refractivity contribution in [1.29, 1.82) is 0 Å². The molecule has 0 N–H and O–H groups in total. The number of fused-ring (bicyclic) bond motifs is 10. The molecule has 15 rings (SSSR count). The standard InChI is InChI=1S/C67H41N5/c1-4-16-42(17-5-1)43-30-32-45(33-31-43)66-68-65(44-18-6-2-7-19-44)69-67(70-66)48-20-14-23-50(38-48)72-59-29-13-12-26-53(59)56-39-46(34-36-60(56)72)47-35-37-61-58(40-47)64-55-28-15-27-54-51-24-10-11-25-52(51)57(63(54)55)41-62(64)71(61)49-21-8-3-9-22-49/h1-41H. The van der Waals surface area contributed by atoms with Crippen LogP contribution in [0.4, 0.5) is 0 Å². The first-order chi connectivity index (χ1) is 35.7. The minimum atomic E-state index is 0.617. The maximum Gasteiger partial charge on any atom is 0.164 e. The van der Waals surface area contributed by atoms with Crippen LogP contribution in [-0.2, 0) is 0 Å². The van der Waals surface area contributed by atoms with E-state index in [-0.39, 0.29) is 0 Å². The van der Waals surface area contributed by atoms with Gasteiger partial charge in [0.25, 0.3) is 0 Å². The van der Waals surface area contributed by atoms with E-state index in [1.807, 2.05) is 24.3 Å². The van der Waals surface area contributed by atoms with E-state index >= 15 is 0 Å². The van der Waals surface area contributed by atoms with Crippen molar-refractivity contribution in [3.8, 4) is 90.0 Å². The van der Waals surface area contributed by atoms with Crippen LogP contribution in [-0.4, -0.2) is 24.1 Å². The van der Waals surface area contributed by atoms with Crippen LogP contribution < -0.4 is 0 Å². The van der Waals surface area contributed by atoms with Crippen LogP contribution in [0.5, 0.6) is 0 Å². The largest absolute Gasteiger partial charge is 0.309 e. The topological polar surface area (TPSA) is 48.5 Å². The van der Waals surface area contributed by atoms with E-state index in [9.17, 15) is 0 Å². The molecule has 0 atom stereocenters. The first kappa shape index (κ1) is 40.2. The van der Waals surface area contributed by atoms with Gasteiger partial charge in [0, 0.05) is 49.6 Å². The molecule has 3 heterocycles. The number of benzene rings is 11. The van der Waals surface area contributed by atoms with Crippen LogP contribution >= 0.6 is 0 Å². The van der Waals surface area contributed by atoms with Gasteiger partial charge in [-0.15, -0.1) is 0 Å². The Kier molecular flexibility index (Phi) is 8.89. The summed E-state index contributed by atoms with van der Waals surface area (Å²) < 4.78 is 4.82. The van der Waals surface area contributed by atoms with Crippen LogP contribution in [0.3, 0.4) is 0 Å². The zero-order valence-corrected chi connectivity index (χ0v) is 38.9. The Morgan fingerprint density at radius 1 is 0.222 bits per heavy atom. The van der Waals surface area contributed by atoms with E-state index < -0.39 is 0 Å². The third-order valence-corrected chi connectivity index (χ3v) is 14.7. The van der Waals surface area contributed by atoms with Gasteiger partial charge in [-0.25, -0.2) is 15.0 Å². The molecule has 334 valence electrons. The monoisotopic (exact) mass is 915 g/mol. The van der Waals surface area contributed by atoms with Crippen LogP contribution in [0, 0.1) is 0 Å².